The summed E-state index contributed by atoms with van der Waals surface area (Å²) in [5.41, 5.74) is -0.879. The van der Waals surface area contributed by atoms with Gasteiger partial charge in [0.15, 0.2) is 0 Å². The molecule has 1 atom stereocenters. The lowest BCUT2D eigenvalue weighted by Gasteiger charge is -2.14. The summed E-state index contributed by atoms with van der Waals surface area (Å²) in [6, 6.07) is -0.592. The first-order valence-corrected chi connectivity index (χ1v) is 6.66. The van der Waals surface area contributed by atoms with E-state index < -0.39 is 35.3 Å². The van der Waals surface area contributed by atoms with Crippen LogP contribution in [0.3, 0.4) is 0 Å². The van der Waals surface area contributed by atoms with E-state index in [4.69, 9.17) is 0 Å². The van der Waals surface area contributed by atoms with Crippen LogP contribution in [0.1, 0.15) is 29.8 Å². The molecule has 0 spiro atoms. The first kappa shape index (κ1) is 14.7. The van der Waals surface area contributed by atoms with Gasteiger partial charge < -0.3 is 5.32 Å². The number of aromatic nitrogens is 2. The van der Waals surface area contributed by atoms with Gasteiger partial charge >= 0.3 is 0 Å². The summed E-state index contributed by atoms with van der Waals surface area (Å²) in [6.07, 6.45) is 2.43. The van der Waals surface area contributed by atoms with Crippen LogP contribution in [0.25, 0.3) is 0 Å². The van der Waals surface area contributed by atoms with Crippen LogP contribution in [0.4, 0.5) is 23.2 Å². The number of hydrogen-bond acceptors (Lipinski definition) is 4. The molecule has 0 saturated heterocycles. The molecule has 0 amide bonds. The van der Waals surface area contributed by atoms with Gasteiger partial charge in [0.05, 0.1) is 6.04 Å². The van der Waals surface area contributed by atoms with Crippen molar-refractivity contribution in [1.29, 1.82) is 0 Å². The maximum atomic E-state index is 13.5. The second-order valence-electron chi connectivity index (χ2n) is 4.08. The summed E-state index contributed by atoms with van der Waals surface area (Å²) >= 11 is 1.36. The van der Waals surface area contributed by atoms with Crippen LogP contribution < -0.4 is 5.32 Å². The number of anilines is 1. The topological polar surface area (TPSA) is 37.8 Å². The van der Waals surface area contributed by atoms with E-state index in [2.05, 4.69) is 15.3 Å². The van der Waals surface area contributed by atoms with E-state index in [-0.39, 0.29) is 0 Å². The van der Waals surface area contributed by atoms with Gasteiger partial charge in [0.1, 0.15) is 10.7 Å². The maximum Gasteiger partial charge on any atom is 0.253 e. The van der Waals surface area contributed by atoms with Crippen LogP contribution >= 0.6 is 11.3 Å². The first-order chi connectivity index (χ1) is 9.43. The van der Waals surface area contributed by atoms with Crippen molar-refractivity contribution in [2.45, 2.75) is 26.3 Å². The van der Waals surface area contributed by atoms with Crippen LogP contribution in [0.5, 0.6) is 0 Å². The fourth-order valence-corrected chi connectivity index (χ4v) is 2.44. The predicted octanol–water partition coefficient (Wildman–Crippen LogP) is 3.83. The van der Waals surface area contributed by atoms with Crippen molar-refractivity contribution in [2.75, 3.05) is 5.32 Å². The number of pyridine rings is 1. The molecule has 2 aromatic rings. The highest BCUT2D eigenvalue weighted by Gasteiger charge is 2.23. The number of nitrogens with zero attached hydrogens (tertiary/aromatic N) is 2. The average molecular weight is 305 g/mol. The summed E-state index contributed by atoms with van der Waals surface area (Å²) < 4.78 is 52.9. The van der Waals surface area contributed by atoms with Crippen LogP contribution in [0, 0.1) is 23.5 Å². The number of aryl methyl sites for hydroxylation is 1. The number of halogens is 4. The van der Waals surface area contributed by atoms with Crippen LogP contribution in [0.15, 0.2) is 6.20 Å². The van der Waals surface area contributed by atoms with E-state index in [1.54, 1.807) is 13.1 Å². The molecule has 0 saturated carbocycles. The molecule has 20 heavy (non-hydrogen) atoms. The molecule has 0 aromatic carbocycles. The summed E-state index contributed by atoms with van der Waals surface area (Å²) in [6.45, 7) is 3.54. The molecule has 0 bridgehead atoms. The van der Waals surface area contributed by atoms with Crippen LogP contribution in [-0.4, -0.2) is 9.97 Å². The van der Waals surface area contributed by atoms with E-state index in [1.807, 2.05) is 6.92 Å². The Morgan fingerprint density at radius 1 is 1.20 bits per heavy atom. The second kappa shape index (κ2) is 5.74. The lowest BCUT2D eigenvalue weighted by Crippen LogP contribution is -2.12. The summed E-state index contributed by atoms with van der Waals surface area (Å²) in [5, 5.41) is 2.96. The zero-order valence-electron chi connectivity index (χ0n) is 10.7. The van der Waals surface area contributed by atoms with E-state index in [9.17, 15) is 17.6 Å². The standard InChI is InChI=1S/C12H11F4N3S/c1-3-6-4-17-12(20-6)5(2)18-9-7(13)10(15)19-11(16)8(9)14/h4-5H,3H2,1-2H3,(H,18,19). The molecule has 8 heteroatoms. The molecule has 1 unspecified atom stereocenters. The molecule has 3 nitrogen and oxygen atoms in total. The van der Waals surface area contributed by atoms with E-state index in [0.717, 1.165) is 11.3 Å². The third kappa shape index (κ3) is 2.74. The Hall–Kier alpha value is -1.70. The molecule has 2 heterocycles. The summed E-state index contributed by atoms with van der Waals surface area (Å²) in [5.74, 6) is -6.48. The van der Waals surface area contributed by atoms with Crippen molar-refractivity contribution in [3.05, 3.63) is 39.6 Å². The smallest absolute Gasteiger partial charge is 0.253 e. The van der Waals surface area contributed by atoms with Crippen molar-refractivity contribution in [1.82, 2.24) is 9.97 Å². The van der Waals surface area contributed by atoms with E-state index >= 15 is 0 Å². The Kier molecular flexibility index (Phi) is 4.22. The van der Waals surface area contributed by atoms with Gasteiger partial charge in [-0.25, -0.2) is 4.98 Å². The molecule has 0 fully saturated rings. The molecular weight excluding hydrogens is 294 g/mol. The Morgan fingerprint density at radius 2 is 1.80 bits per heavy atom. The number of thiazole rings is 1. The minimum atomic E-state index is -1.69. The molecule has 2 aromatic heterocycles. The SMILES string of the molecule is CCc1cnc(C(C)Nc2c(F)c(F)nc(F)c2F)s1. The fourth-order valence-electron chi connectivity index (χ4n) is 1.58. The number of hydrogen-bond donors (Lipinski definition) is 1. The first-order valence-electron chi connectivity index (χ1n) is 5.85. The van der Waals surface area contributed by atoms with Crippen molar-refractivity contribution < 1.29 is 17.6 Å². The second-order valence-corrected chi connectivity index (χ2v) is 5.23. The minimum absolute atomic E-state index is 0.568. The summed E-state index contributed by atoms with van der Waals surface area (Å²) in [4.78, 5) is 7.59. The Morgan fingerprint density at radius 3 is 2.30 bits per heavy atom. The Balaban J connectivity index is 2.30. The number of nitrogens with one attached hydrogen (secondary N) is 1. The molecule has 108 valence electrons. The van der Waals surface area contributed by atoms with Crippen LogP contribution in [0.2, 0.25) is 0 Å². The van der Waals surface area contributed by atoms with Crippen LogP contribution in [-0.2, 0) is 6.42 Å². The molecule has 2 rings (SSSR count). The van der Waals surface area contributed by atoms with Crippen molar-refractivity contribution in [3.8, 4) is 0 Å². The molecule has 0 aliphatic rings. The van der Waals surface area contributed by atoms with Gasteiger partial charge in [-0.05, 0) is 13.3 Å². The van der Waals surface area contributed by atoms with Gasteiger partial charge in [-0.1, -0.05) is 6.92 Å². The van der Waals surface area contributed by atoms with Crippen molar-refractivity contribution in [3.63, 3.8) is 0 Å². The highest BCUT2D eigenvalue weighted by molar-refractivity contribution is 7.11. The average Bonchev–Trinajstić information content (AvgIpc) is 2.90. The zero-order valence-corrected chi connectivity index (χ0v) is 11.5. The maximum absolute atomic E-state index is 13.5. The van der Waals surface area contributed by atoms with E-state index in [1.165, 1.54) is 11.3 Å². The Bertz CT molecular complexity index is 603. The largest absolute Gasteiger partial charge is 0.371 e. The molecule has 0 radical (unpaired) electrons. The third-order valence-electron chi connectivity index (χ3n) is 2.65. The normalized spacial score (nSPS) is 12.5. The monoisotopic (exact) mass is 305 g/mol. The van der Waals surface area contributed by atoms with Gasteiger partial charge in [0.25, 0.3) is 11.9 Å². The molecular formula is C12H11F4N3S. The minimum Gasteiger partial charge on any atom is -0.371 e. The van der Waals surface area contributed by atoms with Gasteiger partial charge in [-0.15, -0.1) is 11.3 Å². The van der Waals surface area contributed by atoms with Gasteiger partial charge in [0, 0.05) is 11.1 Å². The van der Waals surface area contributed by atoms with E-state index in [0.29, 0.717) is 5.01 Å². The molecule has 0 aliphatic carbocycles. The van der Waals surface area contributed by atoms with Gasteiger partial charge in [0.2, 0.25) is 11.6 Å². The van der Waals surface area contributed by atoms with Crippen molar-refractivity contribution >= 4 is 17.0 Å². The summed E-state index contributed by atoms with van der Waals surface area (Å²) in [7, 11) is 0. The lowest BCUT2D eigenvalue weighted by molar-refractivity contribution is 0.410. The number of rotatable bonds is 4. The van der Waals surface area contributed by atoms with Gasteiger partial charge in [-0.2, -0.15) is 22.5 Å². The third-order valence-corrected chi connectivity index (χ3v) is 3.97. The molecule has 1 N–H and O–H groups in total. The quantitative estimate of drug-likeness (QED) is 0.689. The van der Waals surface area contributed by atoms with Crippen molar-refractivity contribution in [2.24, 2.45) is 0 Å². The highest BCUT2D eigenvalue weighted by Crippen LogP contribution is 2.28. The predicted molar refractivity (Wildman–Crippen MR) is 67.6 cm³/mol. The fraction of sp³-hybridized carbons (Fsp3) is 0.333. The highest BCUT2D eigenvalue weighted by atomic mass is 32.1. The lowest BCUT2D eigenvalue weighted by atomic mass is 10.3. The van der Waals surface area contributed by atoms with Gasteiger partial charge in [-0.3, -0.25) is 0 Å². The Labute approximate surface area is 116 Å². The zero-order chi connectivity index (χ0) is 14.9. The molecule has 0 aliphatic heterocycles.